The van der Waals surface area contributed by atoms with Crippen molar-refractivity contribution in [2.75, 3.05) is 0 Å². The maximum atomic E-state index is 14.0. The lowest BCUT2D eigenvalue weighted by molar-refractivity contribution is -0.122. The SMILES string of the molecule is CC(C(=O)NCc1ncc(C#N)cc1F)c1cc2c(F)c(F)ccc2[nH]c1=O. The number of H-pyrrole nitrogens is 1. The number of aromatic amines is 1. The minimum Gasteiger partial charge on any atom is -0.350 e. The molecule has 0 saturated carbocycles. The van der Waals surface area contributed by atoms with Crippen LogP contribution in [0.1, 0.15) is 29.7 Å². The second-order valence-corrected chi connectivity index (χ2v) is 6.08. The molecule has 0 saturated heterocycles. The molecular weight excluding hydrogens is 373 g/mol. The average Bonchev–Trinajstić information content (AvgIpc) is 2.68. The molecule has 2 heterocycles. The number of benzene rings is 1. The van der Waals surface area contributed by atoms with Crippen LogP contribution in [-0.4, -0.2) is 15.9 Å². The largest absolute Gasteiger partial charge is 0.350 e. The normalized spacial score (nSPS) is 11.8. The molecule has 2 aromatic heterocycles. The quantitative estimate of drug-likeness (QED) is 0.720. The van der Waals surface area contributed by atoms with Gasteiger partial charge in [0.15, 0.2) is 11.6 Å². The summed E-state index contributed by atoms with van der Waals surface area (Å²) in [6.07, 6.45) is 1.17. The van der Waals surface area contributed by atoms with Gasteiger partial charge in [-0.1, -0.05) is 0 Å². The Morgan fingerprint density at radius 3 is 2.71 bits per heavy atom. The van der Waals surface area contributed by atoms with Crippen molar-refractivity contribution in [2.45, 2.75) is 19.4 Å². The predicted octanol–water partition coefficient (Wildman–Crippen LogP) is 2.63. The fraction of sp³-hybridized carbons (Fsp3) is 0.158. The first kappa shape index (κ1) is 19.1. The molecule has 0 radical (unpaired) electrons. The monoisotopic (exact) mass is 386 g/mol. The Labute approximate surface area is 156 Å². The third kappa shape index (κ3) is 3.57. The number of aromatic nitrogens is 2. The van der Waals surface area contributed by atoms with Gasteiger partial charge in [-0.25, -0.2) is 13.2 Å². The van der Waals surface area contributed by atoms with E-state index in [0.29, 0.717) is 0 Å². The molecule has 6 nitrogen and oxygen atoms in total. The molecule has 0 spiro atoms. The zero-order valence-corrected chi connectivity index (χ0v) is 14.5. The number of hydrogen-bond acceptors (Lipinski definition) is 4. The van der Waals surface area contributed by atoms with Crippen LogP contribution >= 0.6 is 0 Å². The molecule has 0 bridgehead atoms. The van der Waals surface area contributed by atoms with E-state index >= 15 is 0 Å². The van der Waals surface area contributed by atoms with Crippen molar-refractivity contribution < 1.29 is 18.0 Å². The summed E-state index contributed by atoms with van der Waals surface area (Å²) < 4.78 is 41.2. The molecule has 28 heavy (non-hydrogen) atoms. The molecule has 142 valence electrons. The number of halogens is 3. The van der Waals surface area contributed by atoms with E-state index in [9.17, 15) is 22.8 Å². The van der Waals surface area contributed by atoms with Gasteiger partial charge in [-0.3, -0.25) is 14.6 Å². The summed E-state index contributed by atoms with van der Waals surface area (Å²) in [5.41, 5.74) is -0.631. The first-order valence-corrected chi connectivity index (χ1v) is 8.15. The number of carbonyl (C=O) groups excluding carboxylic acids is 1. The molecule has 3 aromatic rings. The first-order valence-electron chi connectivity index (χ1n) is 8.15. The topological polar surface area (TPSA) is 98.6 Å². The van der Waals surface area contributed by atoms with Crippen LogP contribution in [0, 0.1) is 28.8 Å². The van der Waals surface area contributed by atoms with Crippen molar-refractivity contribution in [1.29, 1.82) is 5.26 Å². The van der Waals surface area contributed by atoms with Crippen LogP contribution in [-0.2, 0) is 11.3 Å². The third-order valence-corrected chi connectivity index (χ3v) is 4.28. The van der Waals surface area contributed by atoms with E-state index in [-0.39, 0.29) is 34.3 Å². The van der Waals surface area contributed by atoms with E-state index in [1.54, 1.807) is 6.07 Å². The predicted molar refractivity (Wildman–Crippen MR) is 93.7 cm³/mol. The van der Waals surface area contributed by atoms with Crippen LogP contribution in [0.15, 0.2) is 35.3 Å². The summed E-state index contributed by atoms with van der Waals surface area (Å²) in [6, 6.07) is 5.97. The molecule has 0 aliphatic rings. The summed E-state index contributed by atoms with van der Waals surface area (Å²) in [4.78, 5) is 30.8. The van der Waals surface area contributed by atoms with Gasteiger partial charge in [0.1, 0.15) is 11.9 Å². The van der Waals surface area contributed by atoms with E-state index in [0.717, 1.165) is 18.2 Å². The number of amides is 1. The van der Waals surface area contributed by atoms with Crippen LogP contribution < -0.4 is 10.9 Å². The molecule has 9 heteroatoms. The van der Waals surface area contributed by atoms with Gasteiger partial charge in [0, 0.05) is 17.1 Å². The summed E-state index contributed by atoms with van der Waals surface area (Å²) in [7, 11) is 0. The number of fused-ring (bicyclic) bond motifs is 1. The van der Waals surface area contributed by atoms with Crippen LogP contribution in [0.5, 0.6) is 0 Å². The number of nitrogens with zero attached hydrogens (tertiary/aromatic N) is 2. The standard InChI is InChI=1S/C19H13F3N4O2/c1-9(18(27)25-8-16-14(21)4-10(6-23)7-24-16)11-5-12-15(26-19(11)28)3-2-13(20)17(12)22/h2-5,7,9H,8H2,1H3,(H,25,27)(H,26,28). The van der Waals surface area contributed by atoms with E-state index in [2.05, 4.69) is 15.3 Å². The van der Waals surface area contributed by atoms with Gasteiger partial charge < -0.3 is 10.3 Å². The summed E-state index contributed by atoms with van der Waals surface area (Å²) in [6.45, 7) is 1.14. The van der Waals surface area contributed by atoms with Crippen molar-refractivity contribution in [3.8, 4) is 6.07 Å². The smallest absolute Gasteiger partial charge is 0.252 e. The molecule has 2 N–H and O–H groups in total. The van der Waals surface area contributed by atoms with E-state index < -0.39 is 34.8 Å². The Morgan fingerprint density at radius 1 is 1.29 bits per heavy atom. The molecule has 1 aromatic carbocycles. The lowest BCUT2D eigenvalue weighted by Gasteiger charge is -2.13. The number of hydrogen-bond donors (Lipinski definition) is 2. The maximum Gasteiger partial charge on any atom is 0.252 e. The van der Waals surface area contributed by atoms with Gasteiger partial charge in [-0.05, 0) is 31.2 Å². The number of rotatable bonds is 4. The average molecular weight is 386 g/mol. The van der Waals surface area contributed by atoms with Crippen LogP contribution in [0.4, 0.5) is 13.2 Å². The summed E-state index contributed by atoms with van der Waals surface area (Å²) >= 11 is 0. The molecule has 0 fully saturated rings. The van der Waals surface area contributed by atoms with E-state index in [1.165, 1.54) is 19.2 Å². The Morgan fingerprint density at radius 2 is 2.04 bits per heavy atom. The van der Waals surface area contributed by atoms with Gasteiger partial charge in [0.2, 0.25) is 5.91 Å². The minimum atomic E-state index is -1.13. The highest BCUT2D eigenvalue weighted by Crippen LogP contribution is 2.21. The van der Waals surface area contributed by atoms with E-state index in [4.69, 9.17) is 5.26 Å². The van der Waals surface area contributed by atoms with Crippen molar-refractivity contribution in [2.24, 2.45) is 0 Å². The van der Waals surface area contributed by atoms with Crippen LogP contribution in [0.2, 0.25) is 0 Å². The highest BCUT2D eigenvalue weighted by molar-refractivity contribution is 5.86. The Balaban J connectivity index is 1.83. The molecular formula is C19H13F3N4O2. The summed E-state index contributed by atoms with van der Waals surface area (Å²) in [5, 5.41) is 11.0. The summed E-state index contributed by atoms with van der Waals surface area (Å²) in [5.74, 6) is -4.62. The Bertz CT molecular complexity index is 1180. The second kappa shape index (κ2) is 7.52. The fourth-order valence-corrected chi connectivity index (χ4v) is 2.68. The number of nitriles is 1. The lowest BCUT2D eigenvalue weighted by atomic mass is 9.99. The van der Waals surface area contributed by atoms with Gasteiger partial charge in [0.25, 0.3) is 5.56 Å². The number of carbonyl (C=O) groups is 1. The zero-order valence-electron chi connectivity index (χ0n) is 14.5. The number of nitrogens with one attached hydrogen (secondary N) is 2. The van der Waals surface area contributed by atoms with Crippen molar-refractivity contribution in [3.63, 3.8) is 0 Å². The molecule has 1 amide bonds. The lowest BCUT2D eigenvalue weighted by Crippen LogP contribution is -2.31. The minimum absolute atomic E-state index is 0.0397. The van der Waals surface area contributed by atoms with E-state index in [1.807, 2.05) is 0 Å². The molecule has 3 rings (SSSR count). The Kier molecular flexibility index (Phi) is 5.13. The first-order chi connectivity index (χ1) is 13.3. The molecule has 0 aliphatic heterocycles. The highest BCUT2D eigenvalue weighted by atomic mass is 19.2. The van der Waals surface area contributed by atoms with Gasteiger partial charge >= 0.3 is 0 Å². The van der Waals surface area contributed by atoms with Crippen LogP contribution in [0.25, 0.3) is 10.9 Å². The molecule has 1 unspecified atom stereocenters. The van der Waals surface area contributed by atoms with Crippen molar-refractivity contribution >= 4 is 16.8 Å². The molecule has 0 aliphatic carbocycles. The van der Waals surface area contributed by atoms with Gasteiger partial charge in [-0.15, -0.1) is 0 Å². The highest BCUT2D eigenvalue weighted by Gasteiger charge is 2.21. The maximum absolute atomic E-state index is 14.0. The van der Waals surface area contributed by atoms with Crippen molar-refractivity contribution in [3.05, 3.63) is 75.1 Å². The fourth-order valence-electron chi connectivity index (χ4n) is 2.68. The van der Waals surface area contributed by atoms with Gasteiger partial charge in [-0.2, -0.15) is 5.26 Å². The van der Waals surface area contributed by atoms with Crippen molar-refractivity contribution in [1.82, 2.24) is 15.3 Å². The van der Waals surface area contributed by atoms with Crippen LogP contribution in [0.3, 0.4) is 0 Å². The molecule has 1 atom stereocenters. The van der Waals surface area contributed by atoms with Gasteiger partial charge in [0.05, 0.1) is 29.2 Å². The zero-order chi connectivity index (χ0) is 20.4. The number of pyridine rings is 2. The Hall–Kier alpha value is -3.67. The third-order valence-electron chi connectivity index (χ3n) is 4.28. The second-order valence-electron chi connectivity index (χ2n) is 6.08.